The molecule has 0 aromatic carbocycles. The number of hydrogen-bond acceptors (Lipinski definition) is 4. The number of guanidine groups is 1. The van der Waals surface area contributed by atoms with Crippen LogP contribution in [-0.4, -0.2) is 30.5 Å². The highest BCUT2D eigenvalue weighted by atomic mass is 16.5. The van der Waals surface area contributed by atoms with E-state index in [1.807, 2.05) is 0 Å². The molecule has 1 atom stereocenters. The molecule has 146 valence electrons. The lowest BCUT2D eigenvalue weighted by atomic mass is 10.1. The van der Waals surface area contributed by atoms with Gasteiger partial charge in [-0.25, -0.2) is 0 Å². The molecule has 7 nitrogen and oxygen atoms in total. The first-order valence-corrected chi connectivity index (χ1v) is 9.48. The Morgan fingerprint density at radius 3 is 2.16 bits per heavy atom. The van der Waals surface area contributed by atoms with Gasteiger partial charge in [-0.15, -0.1) is 0 Å². The van der Waals surface area contributed by atoms with Crippen LogP contribution in [0.4, 0.5) is 0 Å². The molecule has 0 spiro atoms. The summed E-state index contributed by atoms with van der Waals surface area (Å²) in [6.07, 6.45) is 10.2. The van der Waals surface area contributed by atoms with E-state index in [4.69, 9.17) is 21.9 Å². The summed E-state index contributed by atoms with van der Waals surface area (Å²) in [5, 5.41) is 0. The SMILES string of the molecule is CCCCCCCCCC(=O)O[C@@H](CCCCN=C(N)N)CC(N)=O. The Labute approximate surface area is 151 Å². The van der Waals surface area contributed by atoms with E-state index in [9.17, 15) is 9.59 Å². The maximum absolute atomic E-state index is 11.9. The molecule has 0 saturated carbocycles. The van der Waals surface area contributed by atoms with Crippen molar-refractivity contribution in [1.82, 2.24) is 0 Å². The van der Waals surface area contributed by atoms with Crippen molar-refractivity contribution in [2.75, 3.05) is 6.54 Å². The minimum Gasteiger partial charge on any atom is -0.462 e. The third-order valence-electron chi connectivity index (χ3n) is 3.94. The van der Waals surface area contributed by atoms with Crippen molar-refractivity contribution in [3.8, 4) is 0 Å². The van der Waals surface area contributed by atoms with E-state index in [1.54, 1.807) is 0 Å². The van der Waals surface area contributed by atoms with Crippen molar-refractivity contribution < 1.29 is 14.3 Å². The second kappa shape index (κ2) is 15.7. The Morgan fingerprint density at radius 2 is 1.56 bits per heavy atom. The number of carbonyl (C=O) groups excluding carboxylic acids is 2. The van der Waals surface area contributed by atoms with Gasteiger partial charge in [0, 0.05) is 13.0 Å². The van der Waals surface area contributed by atoms with Crippen LogP contribution in [0.5, 0.6) is 0 Å². The van der Waals surface area contributed by atoms with Gasteiger partial charge in [0.25, 0.3) is 0 Å². The quantitative estimate of drug-likeness (QED) is 0.169. The van der Waals surface area contributed by atoms with E-state index in [2.05, 4.69) is 11.9 Å². The highest BCUT2D eigenvalue weighted by Gasteiger charge is 2.16. The van der Waals surface area contributed by atoms with Crippen molar-refractivity contribution in [1.29, 1.82) is 0 Å². The van der Waals surface area contributed by atoms with Gasteiger partial charge in [-0.2, -0.15) is 0 Å². The van der Waals surface area contributed by atoms with Crippen molar-refractivity contribution in [2.24, 2.45) is 22.2 Å². The normalized spacial score (nSPS) is 11.7. The summed E-state index contributed by atoms with van der Waals surface area (Å²) >= 11 is 0. The zero-order valence-corrected chi connectivity index (χ0v) is 15.7. The molecule has 0 saturated heterocycles. The summed E-state index contributed by atoms with van der Waals surface area (Å²) in [7, 11) is 0. The maximum Gasteiger partial charge on any atom is 0.306 e. The van der Waals surface area contributed by atoms with Gasteiger partial charge in [-0.1, -0.05) is 45.4 Å². The lowest BCUT2D eigenvalue weighted by molar-refractivity contribution is -0.150. The lowest BCUT2D eigenvalue weighted by Gasteiger charge is -2.16. The molecule has 0 heterocycles. The fourth-order valence-corrected chi connectivity index (χ4v) is 2.59. The van der Waals surface area contributed by atoms with Gasteiger partial charge in [-0.05, 0) is 25.7 Å². The van der Waals surface area contributed by atoms with Gasteiger partial charge < -0.3 is 21.9 Å². The Bertz CT molecular complexity index is 396. The minimum absolute atomic E-state index is 0.0606. The number of nitrogens with zero attached hydrogens (tertiary/aromatic N) is 1. The summed E-state index contributed by atoms with van der Waals surface area (Å²) in [6.45, 7) is 2.72. The molecule has 1 amide bonds. The second-order valence-corrected chi connectivity index (χ2v) is 6.46. The van der Waals surface area contributed by atoms with E-state index in [-0.39, 0.29) is 18.3 Å². The first kappa shape index (κ1) is 23.2. The minimum atomic E-state index is -0.460. The molecule has 0 aliphatic heterocycles. The molecule has 0 aliphatic rings. The predicted octanol–water partition coefficient (Wildman–Crippen LogP) is 2.36. The number of aliphatic imine (C=N–C) groups is 1. The van der Waals surface area contributed by atoms with Crippen LogP contribution in [0.15, 0.2) is 4.99 Å². The Kier molecular flexibility index (Phi) is 14.6. The Hall–Kier alpha value is -1.79. The molecule has 0 fully saturated rings. The van der Waals surface area contributed by atoms with Gasteiger partial charge in [-0.3, -0.25) is 14.6 Å². The molecule has 6 N–H and O–H groups in total. The van der Waals surface area contributed by atoms with Crippen molar-refractivity contribution in [3.63, 3.8) is 0 Å². The van der Waals surface area contributed by atoms with Crippen LogP contribution < -0.4 is 17.2 Å². The summed E-state index contributed by atoms with van der Waals surface area (Å²) in [5.41, 5.74) is 15.7. The summed E-state index contributed by atoms with van der Waals surface area (Å²) in [6, 6.07) is 0. The largest absolute Gasteiger partial charge is 0.462 e. The number of primary amides is 1. The lowest BCUT2D eigenvalue weighted by Crippen LogP contribution is -2.25. The van der Waals surface area contributed by atoms with Crippen LogP contribution in [0.25, 0.3) is 0 Å². The number of amides is 1. The van der Waals surface area contributed by atoms with Crippen molar-refractivity contribution in [3.05, 3.63) is 0 Å². The van der Waals surface area contributed by atoms with E-state index in [0.29, 0.717) is 19.4 Å². The van der Waals surface area contributed by atoms with Crippen LogP contribution in [0.3, 0.4) is 0 Å². The third kappa shape index (κ3) is 16.8. The highest BCUT2D eigenvalue weighted by Crippen LogP contribution is 2.13. The smallest absolute Gasteiger partial charge is 0.306 e. The number of nitrogens with two attached hydrogens (primary N) is 3. The van der Waals surface area contributed by atoms with Crippen LogP contribution in [-0.2, 0) is 14.3 Å². The van der Waals surface area contributed by atoms with Crippen molar-refractivity contribution >= 4 is 17.8 Å². The highest BCUT2D eigenvalue weighted by molar-refractivity contribution is 5.76. The average molecular weight is 357 g/mol. The van der Waals surface area contributed by atoms with E-state index >= 15 is 0 Å². The molecule has 0 bridgehead atoms. The monoisotopic (exact) mass is 356 g/mol. The molecule has 25 heavy (non-hydrogen) atoms. The molecular formula is C18H36N4O3. The fraction of sp³-hybridized carbons (Fsp3) is 0.833. The number of rotatable bonds is 16. The topological polar surface area (TPSA) is 134 Å². The Balaban J connectivity index is 3.92. The van der Waals surface area contributed by atoms with Crippen LogP contribution in [0.1, 0.15) is 84.0 Å². The molecule has 0 aliphatic carbocycles. The molecule has 0 aromatic rings. The van der Waals surface area contributed by atoms with E-state index < -0.39 is 12.0 Å². The molecule has 7 heteroatoms. The Morgan fingerprint density at radius 1 is 0.920 bits per heavy atom. The first-order chi connectivity index (χ1) is 12.0. The van der Waals surface area contributed by atoms with Gasteiger partial charge in [0.15, 0.2) is 5.96 Å². The summed E-state index contributed by atoms with van der Waals surface area (Å²) in [4.78, 5) is 26.9. The van der Waals surface area contributed by atoms with E-state index in [0.717, 1.165) is 32.1 Å². The molecule has 0 unspecified atom stereocenters. The summed E-state index contributed by atoms with van der Waals surface area (Å²) < 4.78 is 5.41. The standard InChI is InChI=1S/C18H36N4O3/c1-2-3-4-5-6-7-8-12-17(24)25-15(14-16(19)23)11-9-10-13-22-18(20)21/h15H,2-14H2,1H3,(H2,19,23)(H4,20,21,22)/t15-/m0/s1. The van der Waals surface area contributed by atoms with E-state index in [1.165, 1.54) is 25.7 Å². The molecule has 0 aromatic heterocycles. The average Bonchev–Trinajstić information content (AvgIpc) is 2.52. The van der Waals surface area contributed by atoms with Crippen molar-refractivity contribution in [2.45, 2.75) is 90.1 Å². The van der Waals surface area contributed by atoms with Gasteiger partial charge in [0.2, 0.25) is 5.91 Å². The molecule has 0 radical (unpaired) electrons. The molecular weight excluding hydrogens is 320 g/mol. The van der Waals surface area contributed by atoms with Crippen LogP contribution in [0.2, 0.25) is 0 Å². The number of ether oxygens (including phenoxy) is 1. The first-order valence-electron chi connectivity index (χ1n) is 9.48. The predicted molar refractivity (Wildman–Crippen MR) is 101 cm³/mol. The number of esters is 1. The third-order valence-corrected chi connectivity index (χ3v) is 3.94. The van der Waals surface area contributed by atoms with Crippen LogP contribution in [0, 0.1) is 0 Å². The zero-order valence-electron chi connectivity index (χ0n) is 15.7. The number of unbranched alkanes of at least 4 members (excludes halogenated alkanes) is 7. The maximum atomic E-state index is 11.9. The van der Waals surface area contributed by atoms with Gasteiger partial charge in [0.1, 0.15) is 6.10 Å². The zero-order chi connectivity index (χ0) is 18.9. The fourth-order valence-electron chi connectivity index (χ4n) is 2.59. The van der Waals surface area contributed by atoms with Gasteiger partial charge in [0.05, 0.1) is 6.42 Å². The number of carbonyl (C=O) groups is 2. The number of hydrogen-bond donors (Lipinski definition) is 3. The molecule has 0 rings (SSSR count). The van der Waals surface area contributed by atoms with Crippen LogP contribution >= 0.6 is 0 Å². The van der Waals surface area contributed by atoms with Gasteiger partial charge >= 0.3 is 5.97 Å². The second-order valence-electron chi connectivity index (χ2n) is 6.46. The summed E-state index contributed by atoms with van der Waals surface area (Å²) in [5.74, 6) is -0.642.